The van der Waals surface area contributed by atoms with E-state index in [1.54, 1.807) is 130 Å². The molecule has 0 aliphatic rings. The molecular weight excluding hydrogens is 1230 g/mol. The van der Waals surface area contributed by atoms with E-state index < -0.39 is 180 Å². The van der Waals surface area contributed by atoms with Gasteiger partial charge in [0.1, 0.15) is 66.5 Å². The van der Waals surface area contributed by atoms with Crippen molar-refractivity contribution in [3.63, 3.8) is 0 Å². The van der Waals surface area contributed by atoms with Gasteiger partial charge in [-0.25, -0.2) is 4.79 Å². The number of ether oxygens (including phenoxy) is 2. The molecule has 2 rings (SSSR count). The molecule has 2 aromatic rings. The monoisotopic (exact) mass is 1320 g/mol. The number of nitrogens with two attached hydrogens (primary N) is 1. The average Bonchev–Trinajstić information content (AvgIpc) is 1.17. The van der Waals surface area contributed by atoms with E-state index >= 15 is 0 Å². The number of likely N-dealkylation sites (N-methyl/N-ethyl adjacent to an activating group) is 3. The number of carbonyl (C=O) groups excluding carboxylic acids is 14. The molecule has 0 saturated heterocycles. The molecular formula is C63H97N13O16S. The van der Waals surface area contributed by atoms with E-state index in [4.69, 9.17) is 15.2 Å². The van der Waals surface area contributed by atoms with Crippen molar-refractivity contribution in [1.29, 1.82) is 0 Å². The van der Waals surface area contributed by atoms with E-state index in [1.807, 2.05) is 0 Å². The van der Waals surface area contributed by atoms with E-state index in [0.717, 1.165) is 14.7 Å². The molecule has 0 spiro atoms. The van der Waals surface area contributed by atoms with Crippen LogP contribution in [0, 0.1) is 11.8 Å². The number of benzene rings is 2. The van der Waals surface area contributed by atoms with Crippen molar-refractivity contribution in [3.05, 3.63) is 71.8 Å². The van der Waals surface area contributed by atoms with E-state index in [-0.39, 0.29) is 31.8 Å². The smallest absolute Gasteiger partial charge is 0.408 e. The van der Waals surface area contributed by atoms with Crippen molar-refractivity contribution in [3.8, 4) is 0 Å². The van der Waals surface area contributed by atoms with Gasteiger partial charge < -0.3 is 77.8 Å². The van der Waals surface area contributed by atoms with Crippen LogP contribution in [0.25, 0.3) is 0 Å². The number of rotatable bonds is 35. The van der Waals surface area contributed by atoms with Gasteiger partial charge in [-0.05, 0) is 91.7 Å². The van der Waals surface area contributed by atoms with Crippen molar-refractivity contribution in [1.82, 2.24) is 62.6 Å². The fourth-order valence-corrected chi connectivity index (χ4v) is 9.05. The maximum atomic E-state index is 14.4. The van der Waals surface area contributed by atoms with Crippen molar-refractivity contribution in [2.24, 2.45) is 17.6 Å². The van der Waals surface area contributed by atoms with Crippen LogP contribution in [0.15, 0.2) is 60.7 Å². The van der Waals surface area contributed by atoms with Gasteiger partial charge in [-0.15, -0.1) is 12.6 Å². The summed E-state index contributed by atoms with van der Waals surface area (Å²) in [6.07, 6.45) is -1.59. The number of carbonyl (C=O) groups is 14. The molecule has 30 heteroatoms. The van der Waals surface area contributed by atoms with Gasteiger partial charge in [0, 0.05) is 40.4 Å². The van der Waals surface area contributed by atoms with Crippen LogP contribution in [-0.2, 0) is 84.6 Å². The van der Waals surface area contributed by atoms with Gasteiger partial charge in [-0.1, -0.05) is 88.4 Å². The molecule has 11 N–H and O–H groups in total. The summed E-state index contributed by atoms with van der Waals surface area (Å²) in [4.78, 5) is 191. The maximum absolute atomic E-state index is 14.4. The first-order valence-electron chi connectivity index (χ1n) is 30.5. The van der Waals surface area contributed by atoms with Crippen LogP contribution in [0.5, 0.6) is 0 Å². The number of nitrogens with one attached hydrogen (secondary N) is 9. The summed E-state index contributed by atoms with van der Waals surface area (Å²) >= 11 is 3.86. The van der Waals surface area contributed by atoms with Gasteiger partial charge >= 0.3 is 6.09 Å². The third-order valence-electron chi connectivity index (χ3n) is 14.2. The molecule has 29 nitrogen and oxygen atoms in total. The highest BCUT2D eigenvalue weighted by Gasteiger charge is 2.38. The van der Waals surface area contributed by atoms with E-state index in [0.29, 0.717) is 11.1 Å². The van der Waals surface area contributed by atoms with E-state index in [1.165, 1.54) is 41.9 Å². The Bertz CT molecular complexity index is 2940. The molecule has 0 radical (unpaired) electrons. The van der Waals surface area contributed by atoms with Gasteiger partial charge in [0.15, 0.2) is 5.12 Å². The molecule has 93 heavy (non-hydrogen) atoms. The number of nitrogens with zero attached hydrogens (tertiary/aromatic N) is 3. The molecule has 0 saturated carbocycles. The number of primary amides is 1. The molecule has 2 aromatic carbocycles. The lowest BCUT2D eigenvalue weighted by Gasteiger charge is -2.32. The second kappa shape index (κ2) is 37.7. The van der Waals surface area contributed by atoms with Crippen molar-refractivity contribution in [2.75, 3.05) is 47.4 Å². The van der Waals surface area contributed by atoms with Gasteiger partial charge in [0.25, 0.3) is 0 Å². The quantitative estimate of drug-likeness (QED) is 0.0389. The Morgan fingerprint density at radius 2 is 1.04 bits per heavy atom. The summed E-state index contributed by atoms with van der Waals surface area (Å²) in [5.41, 5.74) is 4.82. The van der Waals surface area contributed by atoms with Gasteiger partial charge in [0.05, 0.1) is 25.3 Å². The minimum absolute atomic E-state index is 0.00263. The standard InChI is InChI=1S/C63H97N13O16S/c1-35(2)27-45(75(15)49(79)33-66-56(85)46(29-41-25-21-18-22-26-41)76(16)59(88)38(6)68-48(78)32-67-61(90)92-63(11,12)13)57(86)69-37(5)52(81)73-51(36(3)4)58(87)70-42(28-40-23-19-17-20-24-40)55(84)71-43(30-50(80)93)60(89)74(14)39(7)53(82)72-44(34-91-62(8,9)10)54(83)65-31-47(64)77/h17-26,35-39,42-46,51H,27-34H2,1-16H3,(H2,64,77)(H,65,83)(H,66,85)(H,67,90)(H,68,78)(H,69,86)(H,70,87)(H,71,84)(H,72,82)(H,73,81)(H,80,93)/t37-,38-,39-,42-,43-,44-,45-,46-,51-/m0/s1. The Morgan fingerprint density at radius 3 is 1.56 bits per heavy atom. The lowest BCUT2D eigenvalue weighted by Crippen LogP contribution is -2.61. The molecule has 0 heterocycles. The Morgan fingerprint density at radius 1 is 0.505 bits per heavy atom. The van der Waals surface area contributed by atoms with Gasteiger partial charge in [-0.2, -0.15) is 0 Å². The molecule has 0 fully saturated rings. The highest BCUT2D eigenvalue weighted by molar-refractivity contribution is 7.96. The number of alkyl carbamates (subject to hydrolysis) is 1. The highest BCUT2D eigenvalue weighted by atomic mass is 32.1. The largest absolute Gasteiger partial charge is 0.444 e. The topological polar surface area (TPSA) is 401 Å². The van der Waals surface area contributed by atoms with E-state index in [2.05, 4.69) is 60.5 Å². The van der Waals surface area contributed by atoms with Gasteiger partial charge in [-0.3, -0.25) is 62.3 Å². The van der Waals surface area contributed by atoms with Crippen LogP contribution >= 0.6 is 12.6 Å². The lowest BCUT2D eigenvalue weighted by atomic mass is 10.00. The Labute approximate surface area is 549 Å². The number of hydrogen-bond donors (Lipinski definition) is 11. The molecule has 9 atom stereocenters. The van der Waals surface area contributed by atoms with Crippen molar-refractivity contribution in [2.45, 2.75) is 181 Å². The fraction of sp³-hybridized carbons (Fsp3) is 0.587. The summed E-state index contributed by atoms with van der Waals surface area (Å²) in [6, 6.07) is 5.10. The maximum Gasteiger partial charge on any atom is 0.408 e. The molecule has 0 bridgehead atoms. The minimum Gasteiger partial charge on any atom is -0.444 e. The summed E-state index contributed by atoms with van der Waals surface area (Å²) < 4.78 is 10.9. The first-order chi connectivity index (χ1) is 43.1. The van der Waals surface area contributed by atoms with Crippen molar-refractivity contribution >= 4 is 94.7 Å². The van der Waals surface area contributed by atoms with Crippen LogP contribution in [0.1, 0.15) is 114 Å². The van der Waals surface area contributed by atoms with Crippen LogP contribution < -0.4 is 53.6 Å². The highest BCUT2D eigenvalue weighted by Crippen LogP contribution is 2.16. The Balaban J connectivity index is 2.31. The first-order valence-corrected chi connectivity index (χ1v) is 30.9. The predicted octanol–water partition coefficient (Wildman–Crippen LogP) is -0.473. The zero-order chi connectivity index (χ0) is 70.8. The zero-order valence-electron chi connectivity index (χ0n) is 56.2. The van der Waals surface area contributed by atoms with Crippen LogP contribution in [0.2, 0.25) is 0 Å². The molecule has 0 aliphatic heterocycles. The number of hydrogen-bond acceptors (Lipinski definition) is 16. The average molecular weight is 1320 g/mol. The third kappa shape index (κ3) is 29.2. The van der Waals surface area contributed by atoms with Gasteiger partial charge in [0.2, 0.25) is 70.9 Å². The van der Waals surface area contributed by atoms with Crippen LogP contribution in [-0.4, -0.2) is 210 Å². The van der Waals surface area contributed by atoms with E-state index in [9.17, 15) is 67.1 Å². The summed E-state index contributed by atoms with van der Waals surface area (Å²) in [6.45, 7) is 19.0. The normalized spacial score (nSPS) is 14.3. The summed E-state index contributed by atoms with van der Waals surface area (Å²) in [5.74, 6) is -10.5. The zero-order valence-corrected chi connectivity index (χ0v) is 57.1. The van der Waals surface area contributed by atoms with Crippen molar-refractivity contribution < 1.29 is 76.6 Å². The Kier molecular flexibility index (Phi) is 32.6. The lowest BCUT2D eigenvalue weighted by molar-refractivity contribution is -0.143. The fourth-order valence-electron chi connectivity index (χ4n) is 8.86. The SMILES string of the molecule is CC(C)C[C@@H](C(=O)N[C@@H](C)C(=O)N[C@H](C(=O)N[C@@H](Cc1ccccc1)C(=O)N[C@@H](CC(=O)S)C(=O)N(C)[C@@H](C)C(=O)N[C@@H](COC(C)(C)C)C(=O)NCC(N)=O)C(C)C)N(C)C(=O)CNC(=O)[C@H](Cc1ccccc1)N(C)C(=O)[C@H](C)NC(=O)CNC(=O)OC(C)(C)C. The predicted molar refractivity (Wildman–Crippen MR) is 347 cm³/mol. The molecule has 516 valence electrons. The second-order valence-corrected chi connectivity index (χ2v) is 25.8. The second-order valence-electron chi connectivity index (χ2n) is 25.3. The summed E-state index contributed by atoms with van der Waals surface area (Å²) in [7, 11) is 3.93. The first kappa shape index (κ1) is 80.4. The van der Waals surface area contributed by atoms with Crippen LogP contribution in [0.4, 0.5) is 4.79 Å². The molecule has 0 unspecified atom stereocenters. The molecule has 0 aromatic heterocycles. The summed E-state index contributed by atoms with van der Waals surface area (Å²) in [5, 5.41) is 21.8. The van der Waals surface area contributed by atoms with Crippen LogP contribution in [0.3, 0.4) is 0 Å². The minimum atomic E-state index is -1.65. The Hall–Kier alpha value is -8.67. The molecule has 0 aliphatic carbocycles. The molecule has 13 amide bonds. The number of thiol groups is 1. The third-order valence-corrected chi connectivity index (χ3v) is 14.4. The number of amides is 13.